The molecule has 1 aliphatic carbocycles. The first-order chi connectivity index (χ1) is 20.7. The smallest absolute Gasteiger partial charge is 0.416 e. The lowest BCUT2D eigenvalue weighted by atomic mass is 9.58. The highest BCUT2D eigenvalue weighted by Crippen LogP contribution is 2.52. The number of aromatic nitrogens is 1. The number of fused-ring (bicyclic) bond motifs is 2. The first-order valence-corrected chi connectivity index (χ1v) is 15.0. The van der Waals surface area contributed by atoms with Crippen molar-refractivity contribution in [3.05, 3.63) is 89.7 Å². The fraction of sp³-hybridized carbons (Fsp3) is 0.441. The maximum absolute atomic E-state index is 13.2. The van der Waals surface area contributed by atoms with Crippen LogP contribution in [0.15, 0.2) is 72.9 Å². The maximum Gasteiger partial charge on any atom is 0.416 e. The van der Waals surface area contributed by atoms with E-state index in [9.17, 15) is 22.8 Å². The highest BCUT2D eigenvalue weighted by molar-refractivity contribution is 5.75. The number of likely N-dealkylation sites (tertiary alicyclic amines) is 1. The fourth-order valence-corrected chi connectivity index (χ4v) is 7.52. The maximum atomic E-state index is 13.2. The molecule has 1 aromatic heterocycles. The van der Waals surface area contributed by atoms with Crippen molar-refractivity contribution >= 4 is 12.1 Å². The Morgan fingerprint density at radius 3 is 2.63 bits per heavy atom. The Kier molecular flexibility index (Phi) is 8.16. The number of ether oxygens (including phenoxy) is 2. The minimum Gasteiger partial charge on any atom is -0.462 e. The van der Waals surface area contributed by atoms with Crippen LogP contribution in [0.5, 0.6) is 0 Å². The predicted octanol–water partition coefficient (Wildman–Crippen LogP) is 7.17. The zero-order valence-corrected chi connectivity index (χ0v) is 24.0. The molecule has 1 saturated carbocycles. The van der Waals surface area contributed by atoms with Gasteiger partial charge in [0.1, 0.15) is 12.7 Å². The molecule has 3 aliphatic rings. The van der Waals surface area contributed by atoms with Crippen LogP contribution in [0.25, 0.3) is 11.1 Å². The second-order valence-electron chi connectivity index (χ2n) is 12.1. The number of carbonyl (C=O) groups excluding carboxylic acids is 2. The third kappa shape index (κ3) is 6.26. The normalized spacial score (nSPS) is 26.8. The van der Waals surface area contributed by atoms with Gasteiger partial charge in [-0.25, -0.2) is 4.79 Å². The van der Waals surface area contributed by atoms with Gasteiger partial charge in [-0.05, 0) is 79.7 Å². The highest BCUT2D eigenvalue weighted by atomic mass is 19.4. The largest absolute Gasteiger partial charge is 0.462 e. The van der Waals surface area contributed by atoms with E-state index >= 15 is 0 Å². The number of amides is 1. The molecule has 9 heteroatoms. The van der Waals surface area contributed by atoms with E-state index in [2.05, 4.69) is 4.98 Å². The van der Waals surface area contributed by atoms with Crippen molar-refractivity contribution in [2.24, 2.45) is 29.6 Å². The molecular weight excluding hydrogens is 557 g/mol. The number of alkyl halides is 3. The molecule has 1 amide bonds. The van der Waals surface area contributed by atoms with Gasteiger partial charge in [-0.1, -0.05) is 48.5 Å². The molecule has 6 atom stereocenters. The first kappa shape index (κ1) is 29.2. The lowest BCUT2D eigenvalue weighted by molar-refractivity contribution is -0.144. The molecule has 0 N–H and O–H groups in total. The van der Waals surface area contributed by atoms with E-state index in [1.807, 2.05) is 49.4 Å². The molecule has 6 rings (SSSR count). The third-order valence-electron chi connectivity index (χ3n) is 9.55. The molecule has 3 aromatic rings. The number of aryl methyl sites for hydroxylation is 1. The van der Waals surface area contributed by atoms with Crippen LogP contribution in [0.1, 0.15) is 43.0 Å². The molecule has 3 heterocycles. The van der Waals surface area contributed by atoms with Crippen LogP contribution < -0.4 is 0 Å². The van der Waals surface area contributed by atoms with Crippen molar-refractivity contribution in [3.63, 3.8) is 0 Å². The van der Waals surface area contributed by atoms with Crippen molar-refractivity contribution < 1.29 is 32.2 Å². The van der Waals surface area contributed by atoms with Crippen LogP contribution in [0.3, 0.4) is 0 Å². The number of benzene rings is 2. The molecule has 3 fully saturated rings. The topological polar surface area (TPSA) is 68.7 Å². The summed E-state index contributed by atoms with van der Waals surface area (Å²) in [5, 5.41) is 0. The highest BCUT2D eigenvalue weighted by Gasteiger charge is 2.55. The molecular formula is C34H35F3N2O4. The summed E-state index contributed by atoms with van der Waals surface area (Å²) in [7, 11) is 0. The Morgan fingerprint density at radius 1 is 1.07 bits per heavy atom. The Labute approximate surface area is 249 Å². The first-order valence-electron chi connectivity index (χ1n) is 15.0. The van der Waals surface area contributed by atoms with Crippen molar-refractivity contribution in [1.29, 1.82) is 0 Å². The molecule has 0 spiro atoms. The minimum absolute atomic E-state index is 0.120. The molecule has 2 aliphatic heterocycles. The standard InChI is InChI=1S/C34H35F3N2O4/c1-21-31-29(13-12-27-11-10-24(18-38-27)23-8-5-9-26(16-23)34(35,36)37)28-14-15-39(19-25(28)17-30(31)32(40)43-21)33(41)42-20-22-6-3-2-4-7-22/h2-11,16,18,21,25,28-31H,12-15,17,19-20H2,1H3/t21-,25?,28?,29?,30?,31?/m1/s1. The van der Waals surface area contributed by atoms with E-state index in [0.717, 1.165) is 36.2 Å². The van der Waals surface area contributed by atoms with Crippen molar-refractivity contribution in [2.75, 3.05) is 13.1 Å². The number of halogens is 3. The molecule has 0 bridgehead atoms. The number of carbonyl (C=O) groups is 2. The number of piperidine rings is 1. The molecule has 6 nitrogen and oxygen atoms in total. The number of hydrogen-bond donors (Lipinski definition) is 0. The van der Waals surface area contributed by atoms with Gasteiger partial charge >= 0.3 is 18.2 Å². The summed E-state index contributed by atoms with van der Waals surface area (Å²) in [6.07, 6.45) is -0.214. The Balaban J connectivity index is 1.13. The predicted molar refractivity (Wildman–Crippen MR) is 153 cm³/mol. The van der Waals surface area contributed by atoms with E-state index in [1.165, 1.54) is 6.07 Å². The van der Waals surface area contributed by atoms with Crippen LogP contribution in [-0.2, 0) is 33.5 Å². The summed E-state index contributed by atoms with van der Waals surface area (Å²) in [5.74, 6) is 0.553. The van der Waals surface area contributed by atoms with Gasteiger partial charge in [0.25, 0.3) is 0 Å². The van der Waals surface area contributed by atoms with Gasteiger partial charge in [0.05, 0.1) is 11.5 Å². The van der Waals surface area contributed by atoms with E-state index in [0.29, 0.717) is 43.0 Å². The number of nitrogens with zero attached hydrogens (tertiary/aromatic N) is 2. The summed E-state index contributed by atoms with van der Waals surface area (Å²) >= 11 is 0. The number of pyridine rings is 1. The summed E-state index contributed by atoms with van der Waals surface area (Å²) in [5.41, 5.74) is 2.20. The molecule has 2 saturated heterocycles. The number of hydrogen-bond acceptors (Lipinski definition) is 5. The van der Waals surface area contributed by atoms with Crippen LogP contribution >= 0.6 is 0 Å². The third-order valence-corrected chi connectivity index (χ3v) is 9.55. The SMILES string of the molecule is C[C@H]1OC(=O)C2CC3CN(C(=O)OCc4ccccc4)CCC3C(CCc3ccc(-c4cccc(C(F)(F)F)c4)cn3)C21. The lowest BCUT2D eigenvalue weighted by Gasteiger charge is -2.49. The summed E-state index contributed by atoms with van der Waals surface area (Å²) in [6.45, 7) is 3.37. The molecule has 43 heavy (non-hydrogen) atoms. The van der Waals surface area contributed by atoms with Crippen LogP contribution in [-0.4, -0.2) is 41.1 Å². The van der Waals surface area contributed by atoms with Crippen molar-refractivity contribution in [3.8, 4) is 11.1 Å². The Morgan fingerprint density at radius 2 is 1.88 bits per heavy atom. The lowest BCUT2D eigenvalue weighted by Crippen LogP contribution is -2.52. The van der Waals surface area contributed by atoms with Gasteiger partial charge in [0.2, 0.25) is 0 Å². The minimum atomic E-state index is -4.40. The average Bonchev–Trinajstić information content (AvgIpc) is 3.30. The summed E-state index contributed by atoms with van der Waals surface area (Å²) < 4.78 is 50.8. The second-order valence-corrected chi connectivity index (χ2v) is 12.1. The van der Waals surface area contributed by atoms with Crippen molar-refractivity contribution in [1.82, 2.24) is 9.88 Å². The van der Waals surface area contributed by atoms with Gasteiger partial charge < -0.3 is 14.4 Å². The number of rotatable bonds is 6. The van der Waals surface area contributed by atoms with Gasteiger partial charge in [0.15, 0.2) is 0 Å². The molecule has 2 aromatic carbocycles. The van der Waals surface area contributed by atoms with E-state index in [4.69, 9.17) is 9.47 Å². The zero-order valence-electron chi connectivity index (χ0n) is 24.0. The molecule has 5 unspecified atom stereocenters. The number of cyclic esters (lactones) is 1. The van der Waals surface area contributed by atoms with Crippen LogP contribution in [0, 0.1) is 29.6 Å². The van der Waals surface area contributed by atoms with Crippen molar-refractivity contribution in [2.45, 2.75) is 51.5 Å². The second kappa shape index (κ2) is 12.0. The molecule has 0 radical (unpaired) electrons. The van der Waals surface area contributed by atoms with Crippen LogP contribution in [0.2, 0.25) is 0 Å². The summed E-state index contributed by atoms with van der Waals surface area (Å²) in [4.78, 5) is 32.1. The Bertz CT molecular complexity index is 1450. The quantitative estimate of drug-likeness (QED) is 0.284. The zero-order chi connectivity index (χ0) is 30.1. The van der Waals surface area contributed by atoms with E-state index in [-0.39, 0.29) is 48.4 Å². The van der Waals surface area contributed by atoms with Gasteiger partial charge in [0, 0.05) is 36.5 Å². The van der Waals surface area contributed by atoms with Crippen LogP contribution in [0.4, 0.5) is 18.0 Å². The van der Waals surface area contributed by atoms with Gasteiger partial charge in [-0.15, -0.1) is 0 Å². The van der Waals surface area contributed by atoms with Gasteiger partial charge in [-0.2, -0.15) is 13.2 Å². The molecule has 226 valence electrons. The van der Waals surface area contributed by atoms with E-state index in [1.54, 1.807) is 17.2 Å². The number of esters is 1. The monoisotopic (exact) mass is 592 g/mol. The average molecular weight is 593 g/mol. The van der Waals surface area contributed by atoms with E-state index < -0.39 is 11.7 Å². The van der Waals surface area contributed by atoms with Gasteiger partial charge in [-0.3, -0.25) is 9.78 Å². The Hall–Kier alpha value is -3.88. The fourth-order valence-electron chi connectivity index (χ4n) is 7.52. The summed E-state index contributed by atoms with van der Waals surface area (Å²) in [6, 6.07) is 18.5.